The first-order valence-electron chi connectivity index (χ1n) is 3.62. The van der Waals surface area contributed by atoms with Crippen molar-refractivity contribution in [3.63, 3.8) is 0 Å². The van der Waals surface area contributed by atoms with Crippen molar-refractivity contribution < 1.29 is 4.79 Å². The van der Waals surface area contributed by atoms with Gasteiger partial charge in [0, 0.05) is 12.6 Å². The molecular weight excluding hydrogens is 130 g/mol. The Morgan fingerprint density at radius 1 is 1.50 bits per heavy atom. The molecule has 0 radical (unpaired) electrons. The maximum Gasteiger partial charge on any atom is 0.166 e. The number of fused-ring (bicyclic) bond motifs is 1. The minimum absolute atomic E-state index is 0.0220. The molecule has 3 N–H and O–H groups in total. The summed E-state index contributed by atoms with van der Waals surface area (Å²) in [5.74, 6) is 0.275. The monoisotopic (exact) mass is 141 g/mol. The Morgan fingerprint density at radius 3 is 3.20 bits per heavy atom. The fourth-order valence-electron chi connectivity index (χ4n) is 1.54. The largest absolute Gasteiger partial charge is 0.305 e. The third-order valence-electron chi connectivity index (χ3n) is 2.13. The lowest BCUT2D eigenvalue weighted by molar-refractivity contribution is -0.118. The highest BCUT2D eigenvalue weighted by molar-refractivity contribution is 5.89. The molecule has 2 aliphatic heterocycles. The van der Waals surface area contributed by atoms with Gasteiger partial charge in [0.15, 0.2) is 5.78 Å². The van der Waals surface area contributed by atoms with Gasteiger partial charge in [0.1, 0.15) is 0 Å². The van der Waals surface area contributed by atoms with Gasteiger partial charge in [0.05, 0.1) is 12.6 Å². The quantitative estimate of drug-likeness (QED) is 0.380. The van der Waals surface area contributed by atoms with Crippen molar-refractivity contribution >= 4 is 5.78 Å². The Morgan fingerprint density at radius 2 is 2.40 bits per heavy atom. The molecule has 0 aromatic carbocycles. The molecule has 2 aliphatic rings. The summed E-state index contributed by atoms with van der Waals surface area (Å²) in [4.78, 5) is 11.0. The molecule has 0 aromatic rings. The first-order chi connectivity index (χ1) is 4.88. The van der Waals surface area contributed by atoms with Crippen LogP contribution >= 0.6 is 0 Å². The van der Waals surface area contributed by atoms with Gasteiger partial charge in [-0.25, -0.2) is 5.43 Å². The van der Waals surface area contributed by atoms with Crippen molar-refractivity contribution in [2.24, 2.45) is 0 Å². The predicted molar refractivity (Wildman–Crippen MR) is 36.3 cm³/mol. The molecule has 2 saturated heterocycles. The van der Waals surface area contributed by atoms with Crippen LogP contribution in [-0.2, 0) is 4.79 Å². The third kappa shape index (κ3) is 0.847. The van der Waals surface area contributed by atoms with Crippen LogP contribution in [0.5, 0.6) is 0 Å². The summed E-state index contributed by atoms with van der Waals surface area (Å²) in [5.41, 5.74) is 5.94. The maximum absolute atomic E-state index is 11.0. The van der Waals surface area contributed by atoms with E-state index in [-0.39, 0.29) is 11.8 Å². The van der Waals surface area contributed by atoms with Gasteiger partial charge in [-0.05, 0) is 6.42 Å². The normalized spacial score (nSPS) is 39.8. The number of nitrogens with one attached hydrogen (secondary N) is 3. The molecule has 2 unspecified atom stereocenters. The number of hydrogen-bond donors (Lipinski definition) is 3. The number of carbonyl (C=O) groups is 1. The molecule has 0 bridgehead atoms. The van der Waals surface area contributed by atoms with Gasteiger partial charge in [-0.1, -0.05) is 0 Å². The number of ketones is 1. The lowest BCUT2D eigenvalue weighted by Gasteiger charge is -2.25. The van der Waals surface area contributed by atoms with Crippen LogP contribution in [0.3, 0.4) is 0 Å². The minimum Gasteiger partial charge on any atom is -0.305 e. The second-order valence-corrected chi connectivity index (χ2v) is 2.79. The van der Waals surface area contributed by atoms with Gasteiger partial charge in [-0.3, -0.25) is 10.2 Å². The van der Waals surface area contributed by atoms with E-state index in [1.54, 1.807) is 0 Å². The molecule has 0 amide bonds. The van der Waals surface area contributed by atoms with E-state index in [4.69, 9.17) is 0 Å². The zero-order chi connectivity index (χ0) is 6.97. The third-order valence-corrected chi connectivity index (χ3v) is 2.13. The van der Waals surface area contributed by atoms with E-state index in [1.165, 1.54) is 0 Å². The van der Waals surface area contributed by atoms with Gasteiger partial charge in [-0.2, -0.15) is 0 Å². The Bertz CT molecular complexity index is 159. The van der Waals surface area contributed by atoms with E-state index in [1.807, 2.05) is 0 Å². The highest BCUT2D eigenvalue weighted by Crippen LogP contribution is 2.08. The van der Waals surface area contributed by atoms with Crippen molar-refractivity contribution in [2.45, 2.75) is 18.5 Å². The van der Waals surface area contributed by atoms with Gasteiger partial charge < -0.3 is 5.32 Å². The number of hydrogen-bond acceptors (Lipinski definition) is 4. The maximum atomic E-state index is 11.0. The van der Waals surface area contributed by atoms with Crippen LogP contribution in [0.15, 0.2) is 0 Å². The second-order valence-electron chi connectivity index (χ2n) is 2.79. The van der Waals surface area contributed by atoms with Crippen LogP contribution in [0.1, 0.15) is 6.42 Å². The van der Waals surface area contributed by atoms with Gasteiger partial charge in [-0.15, -0.1) is 0 Å². The molecule has 2 fully saturated rings. The molecule has 0 saturated carbocycles. The fraction of sp³-hybridized carbons (Fsp3) is 0.833. The van der Waals surface area contributed by atoms with E-state index in [9.17, 15) is 4.79 Å². The van der Waals surface area contributed by atoms with E-state index in [2.05, 4.69) is 16.2 Å². The Labute approximate surface area is 59.3 Å². The summed E-state index contributed by atoms with van der Waals surface area (Å²) in [6.07, 6.45) is 1.05. The van der Waals surface area contributed by atoms with Crippen LogP contribution in [0.2, 0.25) is 0 Å². The van der Waals surface area contributed by atoms with Crippen LogP contribution in [0.25, 0.3) is 0 Å². The standard InChI is InChI=1S/C6H11N3O/c10-5-3-7-4-1-2-8-9-6(4)5/h4,6-9H,1-3H2. The molecule has 10 heavy (non-hydrogen) atoms. The smallest absolute Gasteiger partial charge is 0.166 e. The zero-order valence-corrected chi connectivity index (χ0v) is 5.68. The molecule has 0 spiro atoms. The molecule has 0 aromatic heterocycles. The average Bonchev–Trinajstić information content (AvgIpc) is 2.34. The molecule has 4 heteroatoms. The molecule has 56 valence electrons. The lowest BCUT2D eigenvalue weighted by atomic mass is 10.1. The summed E-state index contributed by atoms with van der Waals surface area (Å²) in [6.45, 7) is 1.48. The lowest BCUT2D eigenvalue weighted by Crippen LogP contribution is -2.55. The molecule has 0 aliphatic carbocycles. The summed E-state index contributed by atoms with van der Waals surface area (Å²) < 4.78 is 0. The molecular formula is C6H11N3O. The predicted octanol–water partition coefficient (Wildman–Crippen LogP) is -1.61. The zero-order valence-electron chi connectivity index (χ0n) is 5.68. The Kier molecular flexibility index (Phi) is 1.44. The summed E-state index contributed by atoms with van der Waals surface area (Å²) in [7, 11) is 0. The van der Waals surface area contributed by atoms with E-state index < -0.39 is 0 Å². The number of hydrazine groups is 1. The second kappa shape index (κ2) is 2.30. The summed E-state index contributed by atoms with van der Waals surface area (Å²) in [6, 6.07) is 0.391. The summed E-state index contributed by atoms with van der Waals surface area (Å²) in [5, 5.41) is 3.16. The Hall–Kier alpha value is -0.450. The van der Waals surface area contributed by atoms with Gasteiger partial charge >= 0.3 is 0 Å². The summed E-state index contributed by atoms with van der Waals surface area (Å²) >= 11 is 0. The van der Waals surface area contributed by atoms with Crippen molar-refractivity contribution in [3.05, 3.63) is 0 Å². The first-order valence-corrected chi connectivity index (χ1v) is 3.62. The van der Waals surface area contributed by atoms with E-state index in [0.717, 1.165) is 13.0 Å². The number of Topliss-reactive ketones (excluding diaryl/α,β-unsaturated/α-hetero) is 1. The highest BCUT2D eigenvalue weighted by atomic mass is 16.1. The van der Waals surface area contributed by atoms with Crippen LogP contribution < -0.4 is 16.2 Å². The molecule has 4 nitrogen and oxygen atoms in total. The first kappa shape index (κ1) is 6.27. The van der Waals surface area contributed by atoms with Crippen molar-refractivity contribution in [1.82, 2.24) is 16.2 Å². The van der Waals surface area contributed by atoms with Crippen LogP contribution in [0, 0.1) is 0 Å². The van der Waals surface area contributed by atoms with Crippen molar-refractivity contribution in [1.29, 1.82) is 0 Å². The van der Waals surface area contributed by atoms with E-state index >= 15 is 0 Å². The fourth-order valence-corrected chi connectivity index (χ4v) is 1.54. The topological polar surface area (TPSA) is 53.2 Å². The molecule has 2 atom stereocenters. The van der Waals surface area contributed by atoms with Gasteiger partial charge in [0.25, 0.3) is 0 Å². The van der Waals surface area contributed by atoms with Crippen molar-refractivity contribution in [2.75, 3.05) is 13.1 Å². The van der Waals surface area contributed by atoms with E-state index in [0.29, 0.717) is 12.6 Å². The van der Waals surface area contributed by atoms with Crippen LogP contribution in [-0.4, -0.2) is 31.0 Å². The number of rotatable bonds is 0. The SMILES string of the molecule is O=C1CNC2CCNNC12. The Balaban J connectivity index is 2.08. The van der Waals surface area contributed by atoms with Crippen LogP contribution in [0.4, 0.5) is 0 Å². The van der Waals surface area contributed by atoms with Crippen molar-refractivity contribution in [3.8, 4) is 0 Å². The molecule has 2 heterocycles. The minimum atomic E-state index is 0.0220. The average molecular weight is 141 g/mol. The molecule has 2 rings (SSSR count). The van der Waals surface area contributed by atoms with Gasteiger partial charge in [0.2, 0.25) is 0 Å². The number of carbonyl (C=O) groups excluding carboxylic acids is 1. The highest BCUT2D eigenvalue weighted by Gasteiger charge is 2.35.